The molecule has 21 heavy (non-hydrogen) atoms. The summed E-state index contributed by atoms with van der Waals surface area (Å²) in [5.74, 6) is 0. The van der Waals surface area contributed by atoms with Gasteiger partial charge in [-0.2, -0.15) is 13.2 Å². The molecule has 2 aromatic rings. The Morgan fingerprint density at radius 2 is 1.76 bits per heavy atom. The summed E-state index contributed by atoms with van der Waals surface area (Å²) >= 11 is 7.56. The van der Waals surface area contributed by atoms with Crippen molar-refractivity contribution < 1.29 is 13.2 Å². The SMILES string of the molecule is CSc1ccc(CNc2cc(C(F)(F)F)ccc2Cl)cc1. The van der Waals surface area contributed by atoms with Gasteiger partial charge in [0.15, 0.2) is 0 Å². The first kappa shape index (κ1) is 16.0. The second-order valence-corrected chi connectivity index (χ2v) is 5.68. The summed E-state index contributed by atoms with van der Waals surface area (Å²) in [6, 6.07) is 11.1. The molecule has 0 bridgehead atoms. The fourth-order valence-electron chi connectivity index (χ4n) is 1.78. The second-order valence-electron chi connectivity index (χ2n) is 4.39. The van der Waals surface area contributed by atoms with Gasteiger partial charge in [0.1, 0.15) is 0 Å². The minimum atomic E-state index is -4.37. The number of anilines is 1. The van der Waals surface area contributed by atoms with Crippen molar-refractivity contribution in [2.45, 2.75) is 17.6 Å². The van der Waals surface area contributed by atoms with Gasteiger partial charge in [-0.25, -0.2) is 0 Å². The topological polar surface area (TPSA) is 12.0 Å². The summed E-state index contributed by atoms with van der Waals surface area (Å²) in [7, 11) is 0. The Labute approximate surface area is 130 Å². The highest BCUT2D eigenvalue weighted by atomic mass is 35.5. The van der Waals surface area contributed by atoms with Crippen LogP contribution in [-0.4, -0.2) is 6.26 Å². The van der Waals surface area contributed by atoms with Gasteiger partial charge in [-0.1, -0.05) is 23.7 Å². The van der Waals surface area contributed by atoms with Gasteiger partial charge in [-0.15, -0.1) is 11.8 Å². The maximum absolute atomic E-state index is 12.7. The van der Waals surface area contributed by atoms with E-state index in [2.05, 4.69) is 5.32 Å². The van der Waals surface area contributed by atoms with E-state index in [-0.39, 0.29) is 10.7 Å². The van der Waals surface area contributed by atoms with Gasteiger partial charge in [0.05, 0.1) is 16.3 Å². The molecule has 0 unspecified atom stereocenters. The van der Waals surface area contributed by atoms with Crippen LogP contribution in [-0.2, 0) is 12.7 Å². The van der Waals surface area contributed by atoms with Gasteiger partial charge in [0, 0.05) is 11.4 Å². The number of benzene rings is 2. The fourth-order valence-corrected chi connectivity index (χ4v) is 2.37. The van der Waals surface area contributed by atoms with Crippen LogP contribution in [0.4, 0.5) is 18.9 Å². The molecule has 0 fully saturated rings. The van der Waals surface area contributed by atoms with Crippen LogP contribution in [0.15, 0.2) is 47.4 Å². The number of hydrogen-bond donors (Lipinski definition) is 1. The van der Waals surface area contributed by atoms with Crippen LogP contribution < -0.4 is 5.32 Å². The minimum Gasteiger partial charge on any atom is -0.380 e. The van der Waals surface area contributed by atoms with Crippen molar-refractivity contribution in [2.75, 3.05) is 11.6 Å². The third-order valence-electron chi connectivity index (χ3n) is 2.94. The summed E-state index contributed by atoms with van der Waals surface area (Å²) < 4.78 is 38.0. The molecule has 0 saturated carbocycles. The van der Waals surface area contributed by atoms with E-state index in [1.165, 1.54) is 6.07 Å². The molecule has 0 aliphatic rings. The Morgan fingerprint density at radius 1 is 1.10 bits per heavy atom. The third kappa shape index (κ3) is 4.32. The second kappa shape index (κ2) is 6.62. The molecule has 112 valence electrons. The molecule has 0 radical (unpaired) electrons. The molecular formula is C15H13ClF3NS. The lowest BCUT2D eigenvalue weighted by atomic mass is 10.1. The Morgan fingerprint density at radius 3 is 2.33 bits per heavy atom. The van der Waals surface area contributed by atoms with Crippen molar-refractivity contribution in [1.29, 1.82) is 0 Å². The molecule has 0 aliphatic heterocycles. The molecule has 1 N–H and O–H groups in total. The van der Waals surface area contributed by atoms with Crippen molar-refractivity contribution in [2.24, 2.45) is 0 Å². The van der Waals surface area contributed by atoms with Crippen molar-refractivity contribution in [3.05, 3.63) is 58.6 Å². The Bertz CT molecular complexity index is 611. The van der Waals surface area contributed by atoms with Crippen LogP contribution in [0.1, 0.15) is 11.1 Å². The van der Waals surface area contributed by atoms with Gasteiger partial charge in [0.2, 0.25) is 0 Å². The number of nitrogens with one attached hydrogen (secondary N) is 1. The fraction of sp³-hybridized carbons (Fsp3) is 0.200. The maximum atomic E-state index is 12.7. The van der Waals surface area contributed by atoms with Crippen molar-refractivity contribution in [3.63, 3.8) is 0 Å². The van der Waals surface area contributed by atoms with E-state index >= 15 is 0 Å². The number of alkyl halides is 3. The zero-order chi connectivity index (χ0) is 15.5. The summed E-state index contributed by atoms with van der Waals surface area (Å²) in [5, 5.41) is 3.21. The largest absolute Gasteiger partial charge is 0.416 e. The lowest BCUT2D eigenvalue weighted by molar-refractivity contribution is -0.137. The van der Waals surface area contributed by atoms with E-state index in [0.717, 1.165) is 22.6 Å². The average molecular weight is 332 g/mol. The highest BCUT2D eigenvalue weighted by Crippen LogP contribution is 2.34. The average Bonchev–Trinajstić information content (AvgIpc) is 2.45. The normalized spacial score (nSPS) is 11.5. The number of halogens is 4. The Kier molecular flexibility index (Phi) is 5.06. The standard InChI is InChI=1S/C15H13ClF3NS/c1-21-12-5-2-10(3-6-12)9-20-14-8-11(15(17,18)19)4-7-13(14)16/h2-8,20H,9H2,1H3. The zero-order valence-corrected chi connectivity index (χ0v) is 12.7. The van der Waals surface area contributed by atoms with E-state index in [9.17, 15) is 13.2 Å². The van der Waals surface area contributed by atoms with Gasteiger partial charge in [0.25, 0.3) is 0 Å². The monoisotopic (exact) mass is 331 g/mol. The first-order chi connectivity index (χ1) is 9.90. The highest BCUT2D eigenvalue weighted by molar-refractivity contribution is 7.98. The molecule has 0 saturated heterocycles. The molecule has 0 aliphatic carbocycles. The third-order valence-corrected chi connectivity index (χ3v) is 4.01. The molecule has 1 nitrogen and oxygen atoms in total. The van der Waals surface area contributed by atoms with E-state index < -0.39 is 11.7 Å². The molecule has 0 aromatic heterocycles. The molecule has 2 rings (SSSR count). The lowest BCUT2D eigenvalue weighted by Gasteiger charge is -2.12. The number of rotatable bonds is 4. The maximum Gasteiger partial charge on any atom is 0.416 e. The number of thioether (sulfide) groups is 1. The molecule has 0 atom stereocenters. The van der Waals surface area contributed by atoms with Crippen molar-refractivity contribution >= 4 is 29.1 Å². The van der Waals surface area contributed by atoms with Crippen LogP contribution in [0.5, 0.6) is 0 Å². The Hall–Kier alpha value is -1.33. The molecule has 0 heterocycles. The summed E-state index contributed by atoms with van der Waals surface area (Å²) in [6.45, 7) is 0.412. The minimum absolute atomic E-state index is 0.267. The smallest absolute Gasteiger partial charge is 0.380 e. The van der Waals surface area contributed by atoms with Crippen LogP contribution in [0.2, 0.25) is 5.02 Å². The van der Waals surface area contributed by atoms with Crippen LogP contribution >= 0.6 is 23.4 Å². The molecule has 0 amide bonds. The predicted molar refractivity (Wildman–Crippen MR) is 82.0 cm³/mol. The molecule has 2 aromatic carbocycles. The van der Waals surface area contributed by atoms with Crippen LogP contribution in [0.25, 0.3) is 0 Å². The van der Waals surface area contributed by atoms with Gasteiger partial charge in [-0.3, -0.25) is 0 Å². The summed E-state index contributed by atoms with van der Waals surface area (Å²) in [6.07, 6.45) is -2.39. The van der Waals surface area contributed by atoms with Gasteiger partial charge < -0.3 is 5.32 Å². The van der Waals surface area contributed by atoms with E-state index in [4.69, 9.17) is 11.6 Å². The highest BCUT2D eigenvalue weighted by Gasteiger charge is 2.30. The lowest BCUT2D eigenvalue weighted by Crippen LogP contribution is -2.07. The zero-order valence-electron chi connectivity index (χ0n) is 11.2. The first-order valence-electron chi connectivity index (χ1n) is 6.13. The van der Waals surface area contributed by atoms with Crippen LogP contribution in [0, 0.1) is 0 Å². The van der Waals surface area contributed by atoms with Crippen molar-refractivity contribution in [3.8, 4) is 0 Å². The van der Waals surface area contributed by atoms with Gasteiger partial charge in [-0.05, 0) is 42.2 Å². The first-order valence-corrected chi connectivity index (χ1v) is 7.74. The molecule has 6 heteroatoms. The van der Waals surface area contributed by atoms with Gasteiger partial charge >= 0.3 is 6.18 Å². The summed E-state index contributed by atoms with van der Waals surface area (Å²) in [4.78, 5) is 1.14. The quantitative estimate of drug-likeness (QED) is 0.722. The van der Waals surface area contributed by atoms with E-state index in [0.29, 0.717) is 6.54 Å². The van der Waals surface area contributed by atoms with Crippen LogP contribution in [0.3, 0.4) is 0 Å². The predicted octanol–water partition coefficient (Wildman–Crippen LogP) is 5.69. The van der Waals surface area contributed by atoms with E-state index in [1.54, 1.807) is 11.8 Å². The van der Waals surface area contributed by atoms with E-state index in [1.807, 2.05) is 30.5 Å². The van der Waals surface area contributed by atoms with Crippen molar-refractivity contribution in [1.82, 2.24) is 0 Å². The molecule has 0 spiro atoms. The summed E-state index contributed by atoms with van der Waals surface area (Å²) in [5.41, 5.74) is 0.536. The number of hydrogen-bond acceptors (Lipinski definition) is 2. The molecular weight excluding hydrogens is 319 g/mol. The Balaban J connectivity index is 2.11.